The largest absolute Gasteiger partial charge is 0.478 e. The van der Waals surface area contributed by atoms with Crippen LogP contribution in [-0.4, -0.2) is 60.6 Å². The van der Waals surface area contributed by atoms with Crippen molar-refractivity contribution in [3.8, 4) is 0 Å². The van der Waals surface area contributed by atoms with Gasteiger partial charge in [0.05, 0.1) is 0 Å². The van der Waals surface area contributed by atoms with Crippen LogP contribution in [0.15, 0.2) is 12.2 Å². The van der Waals surface area contributed by atoms with Gasteiger partial charge in [-0.1, -0.05) is 0 Å². The first-order valence-electron chi connectivity index (χ1n) is 5.16. The van der Waals surface area contributed by atoms with Gasteiger partial charge in [0, 0.05) is 38.3 Å². The van der Waals surface area contributed by atoms with E-state index in [4.69, 9.17) is 5.11 Å². The van der Waals surface area contributed by atoms with Crippen molar-refractivity contribution < 1.29 is 24.2 Å². The number of nitrogens with one attached hydrogen (secondary N) is 1. The summed E-state index contributed by atoms with van der Waals surface area (Å²) < 4.78 is 4.61. The molecule has 18 heavy (non-hydrogen) atoms. The number of carboxylic acids is 1. The van der Waals surface area contributed by atoms with Gasteiger partial charge in [-0.05, 0) is 0 Å². The van der Waals surface area contributed by atoms with Gasteiger partial charge in [-0.25, -0.2) is 9.59 Å². The van der Waals surface area contributed by atoms with Gasteiger partial charge < -0.3 is 20.1 Å². The molecule has 1 fully saturated rings. The number of rotatable bonds is 4. The van der Waals surface area contributed by atoms with Crippen molar-refractivity contribution in [2.24, 2.45) is 0 Å². The van der Waals surface area contributed by atoms with E-state index < -0.39 is 11.9 Å². The summed E-state index contributed by atoms with van der Waals surface area (Å²) in [6.07, 6.45) is 1.44. The summed E-state index contributed by atoms with van der Waals surface area (Å²) in [6.45, 7) is 2.25. The topological polar surface area (TPSA) is 95.9 Å². The Balaban J connectivity index is 0.00000289. The van der Waals surface area contributed by atoms with Crippen LogP contribution in [0.5, 0.6) is 0 Å². The fraction of sp³-hybridized carbons (Fsp3) is 0.500. The Morgan fingerprint density at radius 3 is 2.39 bits per heavy atom. The molecular weight excluding hydrogens is 264 g/mol. The monoisotopic (exact) mass is 278 g/mol. The van der Waals surface area contributed by atoms with Gasteiger partial charge >= 0.3 is 11.9 Å². The molecule has 1 rings (SSSR count). The van der Waals surface area contributed by atoms with Crippen molar-refractivity contribution in [1.29, 1.82) is 0 Å². The molecule has 0 saturated carbocycles. The van der Waals surface area contributed by atoms with E-state index in [1.54, 1.807) is 4.90 Å². The van der Waals surface area contributed by atoms with Gasteiger partial charge in [0.1, 0.15) is 0 Å². The van der Waals surface area contributed by atoms with Gasteiger partial charge in [0.2, 0.25) is 0 Å². The highest BCUT2D eigenvalue weighted by Crippen LogP contribution is 1.94. The first-order chi connectivity index (χ1) is 8.09. The van der Waals surface area contributed by atoms with Crippen LogP contribution in [0, 0.1) is 0 Å². The van der Waals surface area contributed by atoms with Crippen molar-refractivity contribution >= 4 is 30.3 Å². The molecule has 7 nitrogen and oxygen atoms in total. The maximum absolute atomic E-state index is 11.5. The molecule has 0 aromatic heterocycles. The Hall–Kier alpha value is -1.60. The molecule has 1 saturated heterocycles. The van der Waals surface area contributed by atoms with E-state index in [-0.39, 0.29) is 24.9 Å². The maximum Gasteiger partial charge on any atom is 0.331 e. The summed E-state index contributed by atoms with van der Waals surface area (Å²) in [7, 11) is 0. The van der Waals surface area contributed by atoms with Crippen molar-refractivity contribution in [3.05, 3.63) is 12.2 Å². The van der Waals surface area contributed by atoms with Crippen LogP contribution in [-0.2, 0) is 19.1 Å². The van der Waals surface area contributed by atoms with E-state index in [1.807, 2.05) is 0 Å². The summed E-state index contributed by atoms with van der Waals surface area (Å²) in [5, 5.41) is 11.4. The quantitative estimate of drug-likeness (QED) is 0.507. The van der Waals surface area contributed by atoms with E-state index in [0.717, 1.165) is 19.2 Å². The SMILES string of the molecule is Cl.O=C(O)/C=C/C(=O)OCC(=O)N1CCNCC1. The Kier molecular flexibility index (Phi) is 7.73. The third kappa shape index (κ3) is 6.21. The number of hydrogen-bond donors (Lipinski definition) is 2. The highest BCUT2D eigenvalue weighted by atomic mass is 35.5. The van der Waals surface area contributed by atoms with Crippen molar-refractivity contribution in [2.75, 3.05) is 32.8 Å². The van der Waals surface area contributed by atoms with Crippen LogP contribution in [0.2, 0.25) is 0 Å². The minimum Gasteiger partial charge on any atom is -0.478 e. The molecule has 8 heteroatoms. The highest BCUT2D eigenvalue weighted by Gasteiger charge is 2.16. The van der Waals surface area contributed by atoms with Crippen molar-refractivity contribution in [2.45, 2.75) is 0 Å². The Bertz CT molecular complexity index is 339. The lowest BCUT2D eigenvalue weighted by molar-refractivity contribution is -0.148. The molecule has 1 aliphatic rings. The summed E-state index contributed by atoms with van der Waals surface area (Å²) in [6, 6.07) is 0. The minimum atomic E-state index is -1.24. The number of carbonyl (C=O) groups is 3. The molecule has 0 atom stereocenters. The van der Waals surface area contributed by atoms with Crippen molar-refractivity contribution in [3.63, 3.8) is 0 Å². The molecule has 0 spiro atoms. The van der Waals surface area contributed by atoms with Crippen LogP contribution in [0.3, 0.4) is 0 Å². The second kappa shape index (κ2) is 8.48. The summed E-state index contributed by atoms with van der Waals surface area (Å²) in [4.78, 5) is 34.2. The number of halogens is 1. The zero-order valence-corrected chi connectivity index (χ0v) is 10.4. The van der Waals surface area contributed by atoms with Crippen LogP contribution < -0.4 is 5.32 Å². The Labute approximate surface area is 110 Å². The number of carboxylic acid groups (broad SMARTS) is 1. The fourth-order valence-corrected chi connectivity index (χ4v) is 1.33. The van der Waals surface area contributed by atoms with Gasteiger partial charge in [0.15, 0.2) is 6.61 Å². The Morgan fingerprint density at radius 2 is 1.83 bits per heavy atom. The standard InChI is InChI=1S/C10H14N2O5.ClH/c13-8(12-5-3-11-4-6-12)7-17-10(16)2-1-9(14)15;/h1-2,11H,3-7H2,(H,14,15);1H/b2-1+;. The van der Waals surface area contributed by atoms with E-state index in [2.05, 4.69) is 10.1 Å². The average molecular weight is 279 g/mol. The third-order valence-corrected chi connectivity index (χ3v) is 2.17. The number of piperazine rings is 1. The molecule has 0 radical (unpaired) electrons. The minimum absolute atomic E-state index is 0. The third-order valence-electron chi connectivity index (χ3n) is 2.17. The van der Waals surface area contributed by atoms with Crippen molar-refractivity contribution in [1.82, 2.24) is 10.2 Å². The predicted molar refractivity (Wildman–Crippen MR) is 64.4 cm³/mol. The summed E-state index contributed by atoms with van der Waals surface area (Å²) >= 11 is 0. The molecule has 1 amide bonds. The molecule has 1 heterocycles. The molecule has 0 bridgehead atoms. The number of ether oxygens (including phenoxy) is 1. The summed E-state index contributed by atoms with van der Waals surface area (Å²) in [5.74, 6) is -2.35. The van der Waals surface area contributed by atoms with E-state index in [0.29, 0.717) is 19.2 Å². The number of esters is 1. The number of hydrogen-bond acceptors (Lipinski definition) is 5. The smallest absolute Gasteiger partial charge is 0.331 e. The van der Waals surface area contributed by atoms with Gasteiger partial charge in [-0.2, -0.15) is 0 Å². The molecule has 0 aliphatic carbocycles. The number of nitrogens with zero attached hydrogens (tertiary/aromatic N) is 1. The molecular formula is C10H15ClN2O5. The second-order valence-electron chi connectivity index (χ2n) is 3.41. The molecule has 1 aliphatic heterocycles. The van der Waals surface area contributed by atoms with Crippen LogP contribution in [0.1, 0.15) is 0 Å². The number of amides is 1. The average Bonchev–Trinajstić information content (AvgIpc) is 2.34. The first kappa shape index (κ1) is 16.4. The lowest BCUT2D eigenvalue weighted by Gasteiger charge is -2.27. The van der Waals surface area contributed by atoms with Crippen LogP contribution in [0.25, 0.3) is 0 Å². The van der Waals surface area contributed by atoms with E-state index >= 15 is 0 Å². The van der Waals surface area contributed by atoms with E-state index in [9.17, 15) is 14.4 Å². The lowest BCUT2D eigenvalue weighted by Crippen LogP contribution is -2.47. The fourth-order valence-electron chi connectivity index (χ4n) is 1.33. The van der Waals surface area contributed by atoms with Gasteiger partial charge in [-0.3, -0.25) is 4.79 Å². The number of carbonyl (C=O) groups excluding carboxylic acids is 2. The highest BCUT2D eigenvalue weighted by molar-refractivity contribution is 5.91. The van der Waals surface area contributed by atoms with Crippen LogP contribution >= 0.6 is 12.4 Å². The molecule has 2 N–H and O–H groups in total. The predicted octanol–water partition coefficient (Wildman–Crippen LogP) is -0.976. The lowest BCUT2D eigenvalue weighted by atomic mass is 10.3. The second-order valence-corrected chi connectivity index (χ2v) is 3.41. The molecule has 0 unspecified atom stereocenters. The molecule has 0 aromatic carbocycles. The molecule has 0 aromatic rings. The Morgan fingerprint density at radius 1 is 1.22 bits per heavy atom. The first-order valence-corrected chi connectivity index (χ1v) is 5.16. The zero-order valence-electron chi connectivity index (χ0n) is 9.63. The van der Waals surface area contributed by atoms with E-state index in [1.165, 1.54) is 0 Å². The van der Waals surface area contributed by atoms with Gasteiger partial charge in [0.25, 0.3) is 5.91 Å². The maximum atomic E-state index is 11.5. The van der Waals surface area contributed by atoms with Gasteiger partial charge in [-0.15, -0.1) is 12.4 Å². The molecule has 102 valence electrons. The van der Waals surface area contributed by atoms with Crippen LogP contribution in [0.4, 0.5) is 0 Å². The normalized spacial score (nSPS) is 15.0. The number of aliphatic carboxylic acids is 1. The summed E-state index contributed by atoms with van der Waals surface area (Å²) in [5.41, 5.74) is 0. The zero-order chi connectivity index (χ0) is 12.7.